The van der Waals surface area contributed by atoms with Gasteiger partial charge in [-0.1, -0.05) is 11.0 Å². The van der Waals surface area contributed by atoms with E-state index in [2.05, 4.69) is 26.9 Å². The molecule has 8 nitrogen and oxygen atoms in total. The van der Waals surface area contributed by atoms with Crippen LogP contribution < -0.4 is 4.74 Å². The van der Waals surface area contributed by atoms with Crippen molar-refractivity contribution in [3.63, 3.8) is 0 Å². The molecule has 0 aliphatic heterocycles. The van der Waals surface area contributed by atoms with Crippen molar-refractivity contribution in [2.75, 3.05) is 13.7 Å². The van der Waals surface area contributed by atoms with Crippen LogP contribution in [0.5, 0.6) is 5.88 Å². The molecule has 0 aliphatic carbocycles. The fraction of sp³-hybridized carbons (Fsp3) is 0.222. The van der Waals surface area contributed by atoms with Gasteiger partial charge in [-0.2, -0.15) is 4.98 Å². The van der Waals surface area contributed by atoms with Gasteiger partial charge in [-0.3, -0.25) is 10.1 Å². The highest BCUT2D eigenvalue weighted by Crippen LogP contribution is 2.18. The summed E-state index contributed by atoms with van der Waals surface area (Å²) in [6.07, 6.45) is 0. The highest BCUT2D eigenvalue weighted by Gasteiger charge is 2.14. The van der Waals surface area contributed by atoms with Crippen LogP contribution in [0.25, 0.3) is 10.4 Å². The van der Waals surface area contributed by atoms with E-state index in [4.69, 9.17) is 10.3 Å². The molecular weight excluding hydrogens is 226 g/mol. The van der Waals surface area contributed by atoms with Gasteiger partial charge in [0.05, 0.1) is 18.6 Å². The first-order valence-electron chi connectivity index (χ1n) is 4.38. The molecule has 8 heteroatoms. The molecule has 17 heavy (non-hydrogen) atoms. The van der Waals surface area contributed by atoms with Crippen LogP contribution >= 0.6 is 0 Å². The van der Waals surface area contributed by atoms with Crippen LogP contribution in [0.2, 0.25) is 0 Å². The first kappa shape index (κ1) is 12.3. The van der Waals surface area contributed by atoms with Gasteiger partial charge in [-0.15, -0.1) is 0 Å². The molecule has 1 heterocycles. The molecule has 0 N–H and O–H groups in total. The minimum atomic E-state index is -0.593. The van der Waals surface area contributed by atoms with E-state index in [1.165, 1.54) is 19.2 Å². The summed E-state index contributed by atoms with van der Waals surface area (Å²) in [6.45, 7) is -0.0768. The van der Waals surface area contributed by atoms with Crippen LogP contribution in [0.15, 0.2) is 17.2 Å². The predicted molar refractivity (Wildman–Crippen MR) is 58.3 cm³/mol. The van der Waals surface area contributed by atoms with E-state index < -0.39 is 4.92 Å². The third kappa shape index (κ3) is 3.37. The Morgan fingerprint density at radius 1 is 1.71 bits per heavy atom. The minimum absolute atomic E-state index is 0.0255. The molecule has 0 amide bonds. The van der Waals surface area contributed by atoms with Gasteiger partial charge < -0.3 is 4.74 Å². The normalized spacial score (nSPS) is 8.53. The van der Waals surface area contributed by atoms with Crippen molar-refractivity contribution in [1.29, 1.82) is 0 Å². The number of nitrogens with zero attached hydrogens (tertiary/aromatic N) is 5. The third-order valence-electron chi connectivity index (χ3n) is 1.67. The van der Waals surface area contributed by atoms with E-state index in [1.807, 2.05) is 0 Å². The maximum absolute atomic E-state index is 10.7. The number of rotatable bonds is 3. The average molecular weight is 233 g/mol. The Kier molecular flexibility index (Phi) is 4.30. The summed E-state index contributed by atoms with van der Waals surface area (Å²) in [5, 5.41) is 13.9. The Morgan fingerprint density at radius 3 is 3.06 bits per heavy atom. The Balaban J connectivity index is 3.11. The molecule has 1 aromatic heterocycles. The lowest BCUT2D eigenvalue weighted by atomic mass is 10.3. The molecule has 0 spiro atoms. The molecule has 0 fully saturated rings. The van der Waals surface area contributed by atoms with Crippen LogP contribution in [-0.4, -0.2) is 23.6 Å². The van der Waals surface area contributed by atoms with E-state index in [1.54, 1.807) is 0 Å². The van der Waals surface area contributed by atoms with Gasteiger partial charge in [0.15, 0.2) is 5.69 Å². The number of ether oxygens (including phenoxy) is 1. The van der Waals surface area contributed by atoms with Crippen molar-refractivity contribution < 1.29 is 9.66 Å². The summed E-state index contributed by atoms with van der Waals surface area (Å²) < 4.78 is 4.83. The van der Waals surface area contributed by atoms with Gasteiger partial charge in [0.2, 0.25) is 5.88 Å². The SMILES string of the molecule is COc1ccc([N+](=O)[O-])c(C#CCN=[N+]=[N-])n1. The van der Waals surface area contributed by atoms with Gasteiger partial charge in [-0.05, 0) is 11.5 Å². The summed E-state index contributed by atoms with van der Waals surface area (Å²) in [5.41, 5.74) is 7.79. The van der Waals surface area contributed by atoms with Crippen molar-refractivity contribution in [1.82, 2.24) is 4.98 Å². The largest absolute Gasteiger partial charge is 0.481 e. The zero-order chi connectivity index (χ0) is 12.7. The molecule has 1 rings (SSSR count). The Labute approximate surface area is 96.0 Å². The highest BCUT2D eigenvalue weighted by atomic mass is 16.6. The Morgan fingerprint density at radius 2 is 2.47 bits per heavy atom. The molecule has 0 aliphatic rings. The first-order chi connectivity index (χ1) is 8.19. The standard InChI is InChI=1S/C9H7N5O3/c1-17-9-5-4-8(14(15)16)7(12-9)3-2-6-11-13-10/h4-5H,6H2,1H3. The monoisotopic (exact) mass is 233 g/mol. The molecule has 86 valence electrons. The Bertz CT molecular complexity index is 539. The van der Waals surface area contributed by atoms with E-state index in [0.29, 0.717) is 0 Å². The van der Waals surface area contributed by atoms with Gasteiger partial charge >= 0.3 is 5.69 Å². The lowest BCUT2D eigenvalue weighted by Crippen LogP contribution is -1.97. The maximum atomic E-state index is 10.7. The lowest BCUT2D eigenvalue weighted by molar-refractivity contribution is -0.385. The van der Waals surface area contributed by atoms with Crippen molar-refractivity contribution in [2.24, 2.45) is 5.11 Å². The van der Waals surface area contributed by atoms with E-state index in [9.17, 15) is 10.1 Å². The van der Waals surface area contributed by atoms with Crippen molar-refractivity contribution in [3.8, 4) is 17.7 Å². The quantitative estimate of drug-likeness (QED) is 0.197. The van der Waals surface area contributed by atoms with Crippen molar-refractivity contribution in [2.45, 2.75) is 0 Å². The van der Waals surface area contributed by atoms with Crippen LogP contribution in [0, 0.1) is 22.0 Å². The fourth-order valence-electron chi connectivity index (χ4n) is 0.977. The average Bonchev–Trinajstić information content (AvgIpc) is 2.34. The molecule has 0 atom stereocenters. The molecule has 0 aromatic carbocycles. The van der Waals surface area contributed by atoms with Crippen molar-refractivity contribution >= 4 is 5.69 Å². The molecule has 0 unspecified atom stereocenters. The smallest absolute Gasteiger partial charge is 0.303 e. The number of nitro groups is 1. The van der Waals surface area contributed by atoms with Crippen molar-refractivity contribution in [3.05, 3.63) is 38.4 Å². The lowest BCUT2D eigenvalue weighted by Gasteiger charge is -1.99. The van der Waals surface area contributed by atoms with Crippen LogP contribution in [0.4, 0.5) is 5.69 Å². The molecular formula is C9H7N5O3. The summed E-state index contributed by atoms with van der Waals surface area (Å²) in [4.78, 5) is 16.4. The van der Waals surface area contributed by atoms with Crippen LogP contribution in [0.1, 0.15) is 5.69 Å². The first-order valence-corrected chi connectivity index (χ1v) is 4.38. The van der Waals surface area contributed by atoms with Gasteiger partial charge in [-0.25, -0.2) is 0 Å². The van der Waals surface area contributed by atoms with E-state index >= 15 is 0 Å². The molecule has 1 aromatic rings. The van der Waals surface area contributed by atoms with Gasteiger partial charge in [0.1, 0.15) is 0 Å². The fourth-order valence-corrected chi connectivity index (χ4v) is 0.977. The number of methoxy groups -OCH3 is 1. The molecule has 0 bridgehead atoms. The second kappa shape index (κ2) is 5.95. The zero-order valence-corrected chi connectivity index (χ0v) is 8.82. The summed E-state index contributed by atoms with van der Waals surface area (Å²) in [7, 11) is 1.39. The topological polar surface area (TPSA) is 114 Å². The van der Waals surface area contributed by atoms with E-state index in [0.717, 1.165) is 0 Å². The number of pyridine rings is 1. The van der Waals surface area contributed by atoms with E-state index in [-0.39, 0.29) is 23.8 Å². The molecule has 0 saturated heterocycles. The number of azide groups is 1. The Hall–Kier alpha value is -2.78. The second-order valence-corrected chi connectivity index (χ2v) is 2.67. The van der Waals surface area contributed by atoms with Crippen LogP contribution in [0.3, 0.4) is 0 Å². The van der Waals surface area contributed by atoms with Gasteiger partial charge in [0.25, 0.3) is 0 Å². The van der Waals surface area contributed by atoms with Crippen LogP contribution in [-0.2, 0) is 0 Å². The summed E-state index contributed by atoms with van der Waals surface area (Å²) >= 11 is 0. The maximum Gasteiger partial charge on any atom is 0.303 e. The predicted octanol–water partition coefficient (Wildman–Crippen LogP) is 1.66. The number of hydrogen-bond donors (Lipinski definition) is 0. The number of hydrogen-bond acceptors (Lipinski definition) is 5. The second-order valence-electron chi connectivity index (χ2n) is 2.67. The summed E-state index contributed by atoms with van der Waals surface area (Å²) in [5.74, 6) is 5.14. The number of aromatic nitrogens is 1. The highest BCUT2D eigenvalue weighted by molar-refractivity contribution is 5.47. The minimum Gasteiger partial charge on any atom is -0.481 e. The molecule has 0 radical (unpaired) electrons. The summed E-state index contributed by atoms with van der Waals surface area (Å²) in [6, 6.07) is 2.63. The molecule has 0 saturated carbocycles. The van der Waals surface area contributed by atoms with Gasteiger partial charge in [0, 0.05) is 17.0 Å². The zero-order valence-electron chi connectivity index (χ0n) is 8.82. The third-order valence-corrected chi connectivity index (χ3v) is 1.67.